The number of piperazine rings is 1. The summed E-state index contributed by atoms with van der Waals surface area (Å²) >= 11 is 6.21. The molecule has 1 aliphatic rings. The van der Waals surface area contributed by atoms with Crippen LogP contribution in [0.2, 0.25) is 5.02 Å². The fourth-order valence-corrected chi connectivity index (χ4v) is 5.76. The summed E-state index contributed by atoms with van der Waals surface area (Å²) < 4.78 is 8.24. The van der Waals surface area contributed by atoms with Crippen LogP contribution in [-0.4, -0.2) is 60.7 Å². The topological polar surface area (TPSA) is 75.8 Å². The quantitative estimate of drug-likeness (QED) is 0.186. The molecule has 1 fully saturated rings. The zero-order valence-corrected chi connectivity index (χ0v) is 25.2. The molecule has 8 heteroatoms. The van der Waals surface area contributed by atoms with E-state index < -0.39 is 0 Å². The van der Waals surface area contributed by atoms with Gasteiger partial charge in [-0.1, -0.05) is 41.9 Å². The molecule has 1 saturated heterocycles. The highest BCUT2D eigenvalue weighted by Gasteiger charge is 2.19. The maximum Gasteiger partial charge on any atom is 0.234 e. The molecule has 222 valence electrons. The van der Waals surface area contributed by atoms with Crippen LogP contribution in [0.3, 0.4) is 0 Å². The number of hydrogen-bond donors (Lipinski definition) is 2. The fraction of sp³-hybridized carbons (Fsp3) is 0.382. The zero-order valence-electron chi connectivity index (χ0n) is 24.5. The van der Waals surface area contributed by atoms with Crippen molar-refractivity contribution in [1.29, 1.82) is 0 Å². The van der Waals surface area contributed by atoms with Gasteiger partial charge in [0, 0.05) is 61.6 Å². The maximum absolute atomic E-state index is 11.1. The van der Waals surface area contributed by atoms with E-state index in [1.165, 1.54) is 28.6 Å². The van der Waals surface area contributed by atoms with Gasteiger partial charge >= 0.3 is 0 Å². The Balaban J connectivity index is 1.00. The Hall–Kier alpha value is -3.52. The third-order valence-corrected chi connectivity index (χ3v) is 8.33. The molecular weight excluding hydrogens is 546 g/mol. The van der Waals surface area contributed by atoms with Crippen molar-refractivity contribution in [3.05, 3.63) is 95.1 Å². The lowest BCUT2D eigenvalue weighted by atomic mass is 10.1. The smallest absolute Gasteiger partial charge is 0.234 e. The number of unbranched alkanes of at least 4 members (excludes halogenated alkanes) is 2. The number of rotatable bonds is 14. The summed E-state index contributed by atoms with van der Waals surface area (Å²) in [6.07, 6.45) is 5.59. The van der Waals surface area contributed by atoms with Crippen molar-refractivity contribution in [3.8, 4) is 5.75 Å². The first kappa shape index (κ1) is 30.0. The molecule has 4 aromatic rings. The van der Waals surface area contributed by atoms with Crippen LogP contribution in [0.25, 0.3) is 10.9 Å². The van der Waals surface area contributed by atoms with Crippen LogP contribution in [0.1, 0.15) is 37.3 Å². The largest absolute Gasteiger partial charge is 0.494 e. The Bertz CT molecular complexity index is 1450. The van der Waals surface area contributed by atoms with Gasteiger partial charge in [0.15, 0.2) is 0 Å². The summed E-state index contributed by atoms with van der Waals surface area (Å²) in [6, 6.07) is 24.7. The number of halogens is 1. The molecule has 0 aliphatic carbocycles. The van der Waals surface area contributed by atoms with E-state index in [0.29, 0.717) is 6.54 Å². The normalized spacial score (nSPS) is 14.8. The van der Waals surface area contributed by atoms with Gasteiger partial charge in [-0.2, -0.15) is 0 Å². The predicted molar refractivity (Wildman–Crippen MR) is 172 cm³/mol. The van der Waals surface area contributed by atoms with Crippen LogP contribution in [-0.2, 0) is 17.9 Å². The molecule has 7 nitrogen and oxygen atoms in total. The summed E-state index contributed by atoms with van der Waals surface area (Å²) in [4.78, 5) is 16.3. The first-order valence-electron chi connectivity index (χ1n) is 15.0. The number of anilines is 1. The molecule has 1 atom stereocenters. The molecule has 1 aliphatic heterocycles. The lowest BCUT2D eigenvalue weighted by Crippen LogP contribution is -2.46. The van der Waals surface area contributed by atoms with Crippen LogP contribution in [0.15, 0.2) is 79.0 Å². The monoisotopic (exact) mass is 587 g/mol. The first-order chi connectivity index (χ1) is 20.5. The van der Waals surface area contributed by atoms with E-state index >= 15 is 0 Å². The van der Waals surface area contributed by atoms with Gasteiger partial charge in [-0.3, -0.25) is 9.69 Å². The van der Waals surface area contributed by atoms with E-state index in [2.05, 4.69) is 56.2 Å². The molecule has 0 radical (unpaired) electrons. The third-order valence-electron chi connectivity index (χ3n) is 8.10. The minimum atomic E-state index is -0.344. The molecule has 2 heterocycles. The van der Waals surface area contributed by atoms with Gasteiger partial charge in [-0.25, -0.2) is 0 Å². The van der Waals surface area contributed by atoms with Crippen molar-refractivity contribution < 1.29 is 9.53 Å². The van der Waals surface area contributed by atoms with E-state index in [-0.39, 0.29) is 11.9 Å². The Labute approximate surface area is 254 Å². The molecule has 0 spiro atoms. The van der Waals surface area contributed by atoms with E-state index in [1.54, 1.807) is 6.92 Å². The van der Waals surface area contributed by atoms with Gasteiger partial charge in [-0.15, -0.1) is 0 Å². The second-order valence-electron chi connectivity index (χ2n) is 11.2. The Morgan fingerprint density at radius 3 is 2.50 bits per heavy atom. The average Bonchev–Trinajstić information content (AvgIpc) is 3.41. The van der Waals surface area contributed by atoms with E-state index in [1.807, 2.05) is 42.5 Å². The number of fused-ring (bicyclic) bond motifs is 1. The van der Waals surface area contributed by atoms with Crippen LogP contribution < -0.4 is 20.7 Å². The Morgan fingerprint density at radius 1 is 0.952 bits per heavy atom. The number of nitrogens with one attached hydrogen (secondary N) is 1. The number of nitrogens with two attached hydrogens (primary N) is 1. The number of aromatic nitrogens is 1. The van der Waals surface area contributed by atoms with E-state index in [4.69, 9.17) is 22.1 Å². The molecule has 0 bridgehead atoms. The second-order valence-corrected chi connectivity index (χ2v) is 11.6. The number of carbonyl (C=O) groups is 1. The number of nitrogens with zero attached hydrogens (tertiary/aromatic N) is 3. The molecule has 1 amide bonds. The summed E-state index contributed by atoms with van der Waals surface area (Å²) in [5.74, 6) is 0.538. The lowest BCUT2D eigenvalue weighted by Gasteiger charge is -2.36. The molecule has 42 heavy (non-hydrogen) atoms. The van der Waals surface area contributed by atoms with Gasteiger partial charge < -0.3 is 25.3 Å². The Kier molecular flexibility index (Phi) is 10.4. The summed E-state index contributed by atoms with van der Waals surface area (Å²) in [7, 11) is 0. The second kappa shape index (κ2) is 14.6. The molecule has 0 unspecified atom stereocenters. The standard InChI is InChI=1S/C34H42ClN5O2/c1-26(34(36)41)37-24-27-11-13-30(14-12-27)42-22-4-2-3-16-38-18-20-39(21-19-38)32-9-6-10-33-31(32)15-17-40(33)25-28-7-5-8-29(35)23-28/h5-15,17,23,26,37H,2-4,16,18-22,24-25H2,1H3,(H2,36,41)/t26-/m0/s1. The SMILES string of the molecule is C[C@H](NCc1ccc(OCCCCCN2CCN(c3cccc4c3ccn4Cc3cccc(Cl)c3)CC2)cc1)C(N)=O. The molecular formula is C34H42ClN5O2. The number of ether oxygens (including phenoxy) is 1. The van der Waals surface area contributed by atoms with Crippen molar-refractivity contribution >= 4 is 34.1 Å². The van der Waals surface area contributed by atoms with Gasteiger partial charge in [0.05, 0.1) is 18.2 Å². The van der Waals surface area contributed by atoms with E-state index in [9.17, 15) is 4.79 Å². The van der Waals surface area contributed by atoms with Crippen LogP contribution in [0.4, 0.5) is 5.69 Å². The fourth-order valence-electron chi connectivity index (χ4n) is 5.54. The van der Waals surface area contributed by atoms with Crippen LogP contribution in [0.5, 0.6) is 5.75 Å². The average molecular weight is 588 g/mol. The highest BCUT2D eigenvalue weighted by molar-refractivity contribution is 6.30. The molecule has 0 saturated carbocycles. The molecule has 1 aromatic heterocycles. The highest BCUT2D eigenvalue weighted by atomic mass is 35.5. The highest BCUT2D eigenvalue weighted by Crippen LogP contribution is 2.29. The maximum atomic E-state index is 11.1. The van der Waals surface area contributed by atoms with Gasteiger partial charge in [0.25, 0.3) is 0 Å². The van der Waals surface area contributed by atoms with Crippen molar-refractivity contribution in [1.82, 2.24) is 14.8 Å². The molecule has 5 rings (SSSR count). The zero-order chi connectivity index (χ0) is 29.3. The van der Waals surface area contributed by atoms with Crippen molar-refractivity contribution in [2.75, 3.05) is 44.2 Å². The number of primary amides is 1. The minimum absolute atomic E-state index is 0.343. The van der Waals surface area contributed by atoms with Crippen molar-refractivity contribution in [2.45, 2.75) is 45.3 Å². The number of amides is 1. The van der Waals surface area contributed by atoms with Crippen LogP contribution in [0, 0.1) is 0 Å². The number of carbonyl (C=O) groups excluding carboxylic acids is 1. The van der Waals surface area contributed by atoms with Crippen molar-refractivity contribution in [3.63, 3.8) is 0 Å². The van der Waals surface area contributed by atoms with Gasteiger partial charge in [-0.05, 0) is 86.3 Å². The van der Waals surface area contributed by atoms with Crippen LogP contribution >= 0.6 is 11.6 Å². The van der Waals surface area contributed by atoms with Crippen molar-refractivity contribution in [2.24, 2.45) is 5.73 Å². The third kappa shape index (κ3) is 8.06. The lowest BCUT2D eigenvalue weighted by molar-refractivity contribution is -0.119. The molecule has 3 aromatic carbocycles. The van der Waals surface area contributed by atoms with Gasteiger partial charge in [0.2, 0.25) is 5.91 Å². The van der Waals surface area contributed by atoms with Gasteiger partial charge in [0.1, 0.15) is 5.75 Å². The summed E-state index contributed by atoms with van der Waals surface area (Å²) in [5.41, 5.74) is 10.2. The summed E-state index contributed by atoms with van der Waals surface area (Å²) in [6.45, 7) is 9.34. The summed E-state index contributed by atoms with van der Waals surface area (Å²) in [5, 5.41) is 5.21. The first-order valence-corrected chi connectivity index (χ1v) is 15.4. The number of benzene rings is 3. The predicted octanol–water partition coefficient (Wildman–Crippen LogP) is 5.68. The van der Waals surface area contributed by atoms with E-state index in [0.717, 1.165) is 75.1 Å². The Morgan fingerprint density at radius 2 is 1.74 bits per heavy atom. The minimum Gasteiger partial charge on any atom is -0.494 e. The molecule has 3 N–H and O–H groups in total. The number of hydrogen-bond acceptors (Lipinski definition) is 5.